The van der Waals surface area contributed by atoms with Crippen molar-refractivity contribution in [2.75, 3.05) is 19.8 Å². The van der Waals surface area contributed by atoms with Crippen molar-refractivity contribution in [3.8, 4) is 0 Å². The van der Waals surface area contributed by atoms with Gasteiger partial charge in [0.05, 0.1) is 13.2 Å². The lowest BCUT2D eigenvalue weighted by Gasteiger charge is -2.17. The van der Waals surface area contributed by atoms with Crippen LogP contribution in [-0.4, -0.2) is 31.8 Å². The van der Waals surface area contributed by atoms with E-state index in [9.17, 15) is 4.79 Å². The summed E-state index contributed by atoms with van der Waals surface area (Å²) in [7, 11) is 0. The van der Waals surface area contributed by atoms with Crippen LogP contribution < -0.4 is 10.6 Å². The standard InChI is InChI=1S/C13H24N2O2/c1-10(2)9-17-8-7-14-13(16)15-12-6-4-5-11(12)3/h11-12H,1,4-9H2,2-3H3,(H2,14,15,16)/t11-,12-/m1/s1. The lowest BCUT2D eigenvalue weighted by molar-refractivity contribution is 0.157. The van der Waals surface area contributed by atoms with Gasteiger partial charge >= 0.3 is 6.03 Å². The number of carbonyl (C=O) groups excluding carboxylic acids is 1. The fraction of sp³-hybridized carbons (Fsp3) is 0.769. The molecule has 0 bridgehead atoms. The first-order valence-corrected chi connectivity index (χ1v) is 6.36. The molecule has 0 radical (unpaired) electrons. The summed E-state index contributed by atoms with van der Waals surface area (Å²) in [5, 5.41) is 5.80. The first-order chi connectivity index (χ1) is 8.09. The first kappa shape index (κ1) is 14.0. The van der Waals surface area contributed by atoms with E-state index in [2.05, 4.69) is 24.1 Å². The summed E-state index contributed by atoms with van der Waals surface area (Å²) in [5.41, 5.74) is 0.995. The molecule has 1 aliphatic rings. The zero-order valence-electron chi connectivity index (χ0n) is 10.9. The molecule has 0 unspecified atom stereocenters. The second kappa shape index (κ2) is 7.33. The van der Waals surface area contributed by atoms with Gasteiger partial charge in [-0.3, -0.25) is 0 Å². The fourth-order valence-corrected chi connectivity index (χ4v) is 2.06. The van der Waals surface area contributed by atoms with Crippen molar-refractivity contribution < 1.29 is 9.53 Å². The van der Waals surface area contributed by atoms with Crippen molar-refractivity contribution in [2.45, 2.75) is 39.2 Å². The SMILES string of the molecule is C=C(C)COCCNC(=O)N[C@@H]1CCC[C@H]1C. The number of nitrogens with one attached hydrogen (secondary N) is 2. The van der Waals surface area contributed by atoms with Gasteiger partial charge in [-0.15, -0.1) is 0 Å². The minimum absolute atomic E-state index is 0.0809. The first-order valence-electron chi connectivity index (χ1n) is 6.36. The molecule has 2 amide bonds. The number of urea groups is 1. The topological polar surface area (TPSA) is 50.4 Å². The van der Waals surface area contributed by atoms with Crippen LogP contribution in [0.3, 0.4) is 0 Å². The van der Waals surface area contributed by atoms with Crippen molar-refractivity contribution in [2.24, 2.45) is 5.92 Å². The molecule has 0 saturated heterocycles. The summed E-state index contributed by atoms with van der Waals surface area (Å²) in [4.78, 5) is 11.5. The van der Waals surface area contributed by atoms with Gasteiger partial charge in [0.25, 0.3) is 0 Å². The highest BCUT2D eigenvalue weighted by molar-refractivity contribution is 5.74. The summed E-state index contributed by atoms with van der Waals surface area (Å²) in [6.45, 7) is 9.48. The Bertz CT molecular complexity index is 266. The molecule has 1 rings (SSSR count). The Kier molecular flexibility index (Phi) is 6.05. The molecular weight excluding hydrogens is 216 g/mol. The molecule has 0 aromatic carbocycles. The molecule has 2 N–H and O–H groups in total. The molecule has 1 saturated carbocycles. The number of amides is 2. The summed E-state index contributed by atoms with van der Waals surface area (Å²) >= 11 is 0. The molecule has 0 spiro atoms. The molecule has 0 aromatic rings. The molecule has 0 aliphatic heterocycles. The molecular formula is C13H24N2O2. The van der Waals surface area contributed by atoms with E-state index in [4.69, 9.17) is 4.74 Å². The summed E-state index contributed by atoms with van der Waals surface area (Å²) in [5.74, 6) is 0.598. The molecule has 4 nitrogen and oxygen atoms in total. The molecule has 1 aliphatic carbocycles. The fourth-order valence-electron chi connectivity index (χ4n) is 2.06. The number of hydrogen-bond donors (Lipinski definition) is 2. The van der Waals surface area contributed by atoms with Crippen LogP contribution in [0.5, 0.6) is 0 Å². The number of ether oxygens (including phenoxy) is 1. The normalized spacial score (nSPS) is 23.4. The maximum absolute atomic E-state index is 11.5. The maximum Gasteiger partial charge on any atom is 0.315 e. The third kappa shape index (κ3) is 5.73. The summed E-state index contributed by atoms with van der Waals surface area (Å²) in [6.07, 6.45) is 3.53. The van der Waals surface area contributed by atoms with Crippen LogP contribution in [0.4, 0.5) is 4.79 Å². The molecule has 4 heteroatoms. The molecule has 0 aromatic heterocycles. The van der Waals surface area contributed by atoms with Crippen LogP contribution in [-0.2, 0) is 4.74 Å². The van der Waals surface area contributed by atoms with Gasteiger partial charge in [0.2, 0.25) is 0 Å². The van der Waals surface area contributed by atoms with E-state index in [1.165, 1.54) is 12.8 Å². The molecule has 1 fully saturated rings. The molecule has 0 heterocycles. The Labute approximate surface area is 104 Å². The maximum atomic E-state index is 11.5. The van der Waals surface area contributed by atoms with Crippen molar-refractivity contribution >= 4 is 6.03 Å². The Hall–Kier alpha value is -1.03. The van der Waals surface area contributed by atoms with E-state index in [1.807, 2.05) is 6.92 Å². The number of carbonyl (C=O) groups is 1. The lowest BCUT2D eigenvalue weighted by Crippen LogP contribution is -2.44. The predicted molar refractivity (Wildman–Crippen MR) is 69.0 cm³/mol. The highest BCUT2D eigenvalue weighted by Gasteiger charge is 2.24. The van der Waals surface area contributed by atoms with Gasteiger partial charge in [0, 0.05) is 12.6 Å². The Morgan fingerprint density at radius 2 is 2.24 bits per heavy atom. The smallest absolute Gasteiger partial charge is 0.315 e. The van der Waals surface area contributed by atoms with Crippen molar-refractivity contribution in [3.05, 3.63) is 12.2 Å². The van der Waals surface area contributed by atoms with Gasteiger partial charge in [-0.05, 0) is 25.7 Å². The zero-order valence-corrected chi connectivity index (χ0v) is 10.9. The van der Waals surface area contributed by atoms with Gasteiger partial charge in [0.1, 0.15) is 0 Å². The summed E-state index contributed by atoms with van der Waals surface area (Å²) < 4.78 is 5.29. The Balaban J connectivity index is 2.03. The Morgan fingerprint density at radius 3 is 2.82 bits per heavy atom. The van der Waals surface area contributed by atoms with Crippen LogP contribution in [0.25, 0.3) is 0 Å². The predicted octanol–water partition coefficient (Wildman–Crippen LogP) is 2.07. The number of hydrogen-bond acceptors (Lipinski definition) is 2. The van der Waals surface area contributed by atoms with E-state index < -0.39 is 0 Å². The zero-order chi connectivity index (χ0) is 12.7. The van der Waals surface area contributed by atoms with Crippen LogP contribution in [0, 0.1) is 5.92 Å². The average Bonchev–Trinajstić information content (AvgIpc) is 2.63. The third-order valence-corrected chi connectivity index (χ3v) is 3.06. The second-order valence-electron chi connectivity index (χ2n) is 4.92. The average molecular weight is 240 g/mol. The highest BCUT2D eigenvalue weighted by atomic mass is 16.5. The van der Waals surface area contributed by atoms with Gasteiger partial charge in [-0.25, -0.2) is 4.79 Å². The van der Waals surface area contributed by atoms with Crippen LogP contribution in [0.15, 0.2) is 12.2 Å². The van der Waals surface area contributed by atoms with E-state index in [1.54, 1.807) is 0 Å². The van der Waals surface area contributed by atoms with Crippen LogP contribution in [0.1, 0.15) is 33.1 Å². The monoisotopic (exact) mass is 240 g/mol. The van der Waals surface area contributed by atoms with Gasteiger partial charge in [0.15, 0.2) is 0 Å². The van der Waals surface area contributed by atoms with Crippen molar-refractivity contribution in [1.82, 2.24) is 10.6 Å². The van der Waals surface area contributed by atoms with Gasteiger partial charge < -0.3 is 15.4 Å². The van der Waals surface area contributed by atoms with Crippen molar-refractivity contribution in [1.29, 1.82) is 0 Å². The minimum Gasteiger partial charge on any atom is -0.375 e. The molecule has 2 atom stereocenters. The molecule has 17 heavy (non-hydrogen) atoms. The van der Waals surface area contributed by atoms with Gasteiger partial charge in [-0.1, -0.05) is 25.5 Å². The second-order valence-corrected chi connectivity index (χ2v) is 4.92. The number of rotatable bonds is 6. The molecule has 98 valence electrons. The quantitative estimate of drug-likeness (QED) is 0.551. The van der Waals surface area contributed by atoms with Crippen LogP contribution in [0.2, 0.25) is 0 Å². The van der Waals surface area contributed by atoms with E-state index >= 15 is 0 Å². The van der Waals surface area contributed by atoms with Crippen LogP contribution >= 0.6 is 0 Å². The summed E-state index contributed by atoms with van der Waals surface area (Å²) in [6, 6.07) is 0.258. The third-order valence-electron chi connectivity index (χ3n) is 3.06. The van der Waals surface area contributed by atoms with E-state index in [-0.39, 0.29) is 6.03 Å². The minimum atomic E-state index is -0.0809. The lowest BCUT2D eigenvalue weighted by atomic mass is 10.1. The van der Waals surface area contributed by atoms with E-state index in [0.29, 0.717) is 31.7 Å². The van der Waals surface area contributed by atoms with Gasteiger partial charge in [-0.2, -0.15) is 0 Å². The largest absolute Gasteiger partial charge is 0.375 e. The van der Waals surface area contributed by atoms with Crippen molar-refractivity contribution in [3.63, 3.8) is 0 Å². The Morgan fingerprint density at radius 1 is 1.47 bits per heavy atom. The van der Waals surface area contributed by atoms with E-state index in [0.717, 1.165) is 12.0 Å². The highest BCUT2D eigenvalue weighted by Crippen LogP contribution is 2.24.